The maximum absolute atomic E-state index is 13.7. The normalized spacial score (nSPS) is 12.7. The fourth-order valence-corrected chi connectivity index (χ4v) is 3.39. The van der Waals surface area contributed by atoms with E-state index < -0.39 is 36.6 Å². The third-order valence-corrected chi connectivity index (χ3v) is 4.66. The number of esters is 1. The zero-order valence-corrected chi connectivity index (χ0v) is 20.2. The second-order valence-corrected chi connectivity index (χ2v) is 9.20. The van der Waals surface area contributed by atoms with Gasteiger partial charge in [-0.1, -0.05) is 6.07 Å². The van der Waals surface area contributed by atoms with E-state index in [2.05, 4.69) is 5.32 Å². The average molecular weight is 485 g/mol. The van der Waals surface area contributed by atoms with E-state index in [1.807, 2.05) is 13.8 Å². The first-order valence-electron chi connectivity index (χ1n) is 11.0. The lowest BCUT2D eigenvalue weighted by atomic mass is 10.1. The summed E-state index contributed by atoms with van der Waals surface area (Å²) in [6.07, 6.45) is 0. The number of benzene rings is 2. The number of carboxylic acid groups (broad SMARTS) is 1. The minimum Gasteiger partial charge on any atom is -0.481 e. The molecule has 0 saturated carbocycles. The largest absolute Gasteiger partial charge is 0.481 e. The number of carbonyl (C=O) groups is 4. The first kappa shape index (κ1) is 25.5. The number of ether oxygens (including phenoxy) is 3. The first-order chi connectivity index (χ1) is 16.4. The van der Waals surface area contributed by atoms with Crippen LogP contribution >= 0.6 is 0 Å². The van der Waals surface area contributed by atoms with Crippen molar-refractivity contribution in [1.29, 1.82) is 0 Å². The van der Waals surface area contributed by atoms with E-state index in [0.717, 1.165) is 4.90 Å². The van der Waals surface area contributed by atoms with Crippen molar-refractivity contribution >= 4 is 29.4 Å². The SMILES string of the molecule is CC(C)NC(=O)c1ccc2c(c1)N(CC(=O)OC(C)(C)C)C(=O)c1c(OCC(=O)O)cccc1O2. The Morgan fingerprint density at radius 2 is 1.83 bits per heavy atom. The van der Waals surface area contributed by atoms with Crippen molar-refractivity contribution in [3.63, 3.8) is 0 Å². The molecule has 0 aliphatic carbocycles. The molecule has 0 atom stereocenters. The number of carbonyl (C=O) groups excluding carboxylic acids is 3. The Hall–Kier alpha value is -4.08. The van der Waals surface area contributed by atoms with Gasteiger partial charge in [-0.15, -0.1) is 0 Å². The van der Waals surface area contributed by atoms with E-state index in [1.54, 1.807) is 32.9 Å². The topological polar surface area (TPSA) is 131 Å². The second kappa shape index (κ2) is 10.0. The summed E-state index contributed by atoms with van der Waals surface area (Å²) in [6.45, 7) is 7.59. The van der Waals surface area contributed by atoms with Crippen molar-refractivity contribution in [2.75, 3.05) is 18.1 Å². The first-order valence-corrected chi connectivity index (χ1v) is 11.0. The summed E-state index contributed by atoms with van der Waals surface area (Å²) in [7, 11) is 0. The molecule has 1 heterocycles. The Bertz CT molecular complexity index is 1170. The number of carboxylic acids is 1. The van der Waals surface area contributed by atoms with Crippen LogP contribution in [0, 0.1) is 0 Å². The molecule has 1 aliphatic heterocycles. The Kier molecular flexibility index (Phi) is 7.33. The highest BCUT2D eigenvalue weighted by Gasteiger charge is 2.34. The molecule has 186 valence electrons. The minimum absolute atomic E-state index is 0.0188. The van der Waals surface area contributed by atoms with Gasteiger partial charge in [0.05, 0.1) is 5.69 Å². The molecule has 2 aromatic rings. The van der Waals surface area contributed by atoms with Crippen LogP contribution < -0.4 is 19.7 Å². The Morgan fingerprint density at radius 1 is 1.11 bits per heavy atom. The highest BCUT2D eigenvalue weighted by Crippen LogP contribution is 2.42. The van der Waals surface area contributed by atoms with E-state index >= 15 is 0 Å². The predicted octanol–water partition coefficient (Wildman–Crippen LogP) is 3.38. The van der Waals surface area contributed by atoms with Gasteiger partial charge < -0.3 is 24.6 Å². The Morgan fingerprint density at radius 3 is 2.46 bits per heavy atom. The summed E-state index contributed by atoms with van der Waals surface area (Å²) in [6, 6.07) is 8.93. The van der Waals surface area contributed by atoms with Crippen molar-refractivity contribution in [1.82, 2.24) is 5.32 Å². The Balaban J connectivity index is 2.11. The molecule has 3 rings (SSSR count). The average Bonchev–Trinajstić information content (AvgIpc) is 2.85. The lowest BCUT2D eigenvalue weighted by Gasteiger charge is -2.25. The predicted molar refractivity (Wildman–Crippen MR) is 126 cm³/mol. The minimum atomic E-state index is -1.22. The third kappa shape index (κ3) is 6.28. The molecule has 10 heteroatoms. The van der Waals surface area contributed by atoms with E-state index in [9.17, 15) is 19.2 Å². The number of rotatable bonds is 7. The second-order valence-electron chi connectivity index (χ2n) is 9.20. The number of fused-ring (bicyclic) bond motifs is 2. The van der Waals surface area contributed by atoms with Crippen molar-refractivity contribution in [2.45, 2.75) is 46.3 Å². The van der Waals surface area contributed by atoms with Crippen LogP contribution in [0.3, 0.4) is 0 Å². The van der Waals surface area contributed by atoms with Gasteiger partial charge >= 0.3 is 11.9 Å². The van der Waals surface area contributed by atoms with Gasteiger partial charge in [0, 0.05) is 11.6 Å². The molecule has 0 fully saturated rings. The van der Waals surface area contributed by atoms with Crippen molar-refractivity contribution in [2.24, 2.45) is 0 Å². The Labute approximate surface area is 202 Å². The van der Waals surface area contributed by atoms with Gasteiger partial charge in [0.25, 0.3) is 11.8 Å². The summed E-state index contributed by atoms with van der Waals surface area (Å²) in [5.74, 6) is -2.62. The van der Waals surface area contributed by atoms with Crippen LogP contribution in [0.2, 0.25) is 0 Å². The number of aliphatic carboxylic acids is 1. The van der Waals surface area contributed by atoms with E-state index in [-0.39, 0.29) is 46.0 Å². The zero-order chi connectivity index (χ0) is 25.9. The molecular weight excluding hydrogens is 456 g/mol. The fourth-order valence-electron chi connectivity index (χ4n) is 3.39. The van der Waals surface area contributed by atoms with Gasteiger partial charge in [0.2, 0.25) is 0 Å². The van der Waals surface area contributed by atoms with Gasteiger partial charge in [0.1, 0.15) is 29.2 Å². The van der Waals surface area contributed by atoms with E-state index in [1.165, 1.54) is 24.3 Å². The molecule has 35 heavy (non-hydrogen) atoms. The highest BCUT2D eigenvalue weighted by molar-refractivity contribution is 6.13. The fraction of sp³-hybridized carbons (Fsp3) is 0.360. The van der Waals surface area contributed by atoms with Crippen LogP contribution in [0.25, 0.3) is 0 Å². The molecule has 0 saturated heterocycles. The number of anilines is 1. The van der Waals surface area contributed by atoms with Crippen LogP contribution in [0.15, 0.2) is 36.4 Å². The molecule has 2 N–H and O–H groups in total. The lowest BCUT2D eigenvalue weighted by molar-refractivity contribution is -0.152. The van der Waals surface area contributed by atoms with Gasteiger partial charge in [0.15, 0.2) is 12.4 Å². The zero-order valence-electron chi connectivity index (χ0n) is 20.2. The molecule has 0 spiro atoms. The summed E-state index contributed by atoms with van der Waals surface area (Å²) in [5.41, 5.74) is -0.409. The summed E-state index contributed by atoms with van der Waals surface area (Å²) < 4.78 is 16.7. The lowest BCUT2D eigenvalue weighted by Crippen LogP contribution is -2.39. The van der Waals surface area contributed by atoms with Crippen LogP contribution in [-0.4, -0.2) is 53.7 Å². The molecule has 2 amide bonds. The van der Waals surface area contributed by atoms with Crippen LogP contribution in [0.5, 0.6) is 17.2 Å². The quantitative estimate of drug-likeness (QED) is 0.572. The number of nitrogens with one attached hydrogen (secondary N) is 1. The molecule has 1 aliphatic rings. The van der Waals surface area contributed by atoms with E-state index in [4.69, 9.17) is 19.3 Å². The smallest absolute Gasteiger partial charge is 0.341 e. The number of nitrogens with zero attached hydrogens (tertiary/aromatic N) is 1. The van der Waals surface area contributed by atoms with Crippen LogP contribution in [0.1, 0.15) is 55.3 Å². The number of hydrogen-bond donors (Lipinski definition) is 2. The van der Waals surface area contributed by atoms with Crippen molar-refractivity contribution < 1.29 is 38.5 Å². The summed E-state index contributed by atoms with van der Waals surface area (Å²) in [4.78, 5) is 51.3. The third-order valence-electron chi connectivity index (χ3n) is 4.66. The molecule has 0 unspecified atom stereocenters. The number of hydrogen-bond acceptors (Lipinski definition) is 7. The molecule has 10 nitrogen and oxygen atoms in total. The van der Waals surface area contributed by atoms with Crippen molar-refractivity contribution in [3.8, 4) is 17.2 Å². The van der Waals surface area contributed by atoms with Gasteiger partial charge in [-0.05, 0) is 65.0 Å². The monoisotopic (exact) mass is 484 g/mol. The maximum Gasteiger partial charge on any atom is 0.341 e. The van der Waals surface area contributed by atoms with Gasteiger partial charge in [-0.25, -0.2) is 4.79 Å². The standard InChI is InChI=1S/C25H28N2O8/c1-14(2)26-23(31)15-9-10-17-16(11-15)27(12-21(30)35-25(3,4)5)24(32)22-18(33-13-20(28)29)7-6-8-19(22)34-17/h6-11,14H,12-13H2,1-5H3,(H,26,31)(H,28,29). The molecule has 0 aromatic heterocycles. The van der Waals surface area contributed by atoms with Crippen LogP contribution in [0.4, 0.5) is 5.69 Å². The maximum atomic E-state index is 13.7. The van der Waals surface area contributed by atoms with E-state index in [0.29, 0.717) is 0 Å². The highest BCUT2D eigenvalue weighted by atomic mass is 16.6. The molecule has 0 bridgehead atoms. The molecule has 0 radical (unpaired) electrons. The van der Waals surface area contributed by atoms with Gasteiger partial charge in [-0.3, -0.25) is 19.3 Å². The van der Waals surface area contributed by atoms with Crippen LogP contribution in [-0.2, 0) is 14.3 Å². The number of amides is 2. The molecular formula is C25H28N2O8. The molecule has 2 aromatic carbocycles. The summed E-state index contributed by atoms with van der Waals surface area (Å²) >= 11 is 0. The summed E-state index contributed by atoms with van der Waals surface area (Å²) in [5, 5.41) is 11.8. The van der Waals surface area contributed by atoms with Crippen molar-refractivity contribution in [3.05, 3.63) is 47.5 Å². The van der Waals surface area contributed by atoms with Gasteiger partial charge in [-0.2, -0.15) is 0 Å².